The summed E-state index contributed by atoms with van der Waals surface area (Å²) in [5.41, 5.74) is 10.1. The summed E-state index contributed by atoms with van der Waals surface area (Å²) in [6.07, 6.45) is 3.23. The number of nitrogens with one attached hydrogen (secondary N) is 1. The number of aromatic nitrogens is 3. The monoisotopic (exact) mass is 475 g/mol. The summed E-state index contributed by atoms with van der Waals surface area (Å²) in [6.45, 7) is 6.19. The Labute approximate surface area is 203 Å². The van der Waals surface area contributed by atoms with Crippen LogP contribution in [0.4, 0.5) is 17.3 Å². The summed E-state index contributed by atoms with van der Waals surface area (Å²) in [5.74, 6) is 0.370. The highest BCUT2D eigenvalue weighted by Gasteiger charge is 2.18. The second kappa shape index (κ2) is 8.96. The number of hydrogen-bond donors (Lipinski definition) is 2. The lowest BCUT2D eigenvalue weighted by Gasteiger charge is -2.35. The molecule has 0 radical (unpaired) electrons. The van der Waals surface area contributed by atoms with E-state index in [1.807, 2.05) is 30.3 Å². The molecular formula is C25H26ClN7O. The number of primary amides is 1. The minimum Gasteiger partial charge on any atom is -0.369 e. The topological polar surface area (TPSA) is 92.3 Å². The van der Waals surface area contributed by atoms with Crippen molar-refractivity contribution in [3.05, 3.63) is 71.0 Å². The number of nitrogens with two attached hydrogens (primary N) is 1. The van der Waals surface area contributed by atoms with Crippen molar-refractivity contribution in [3.63, 3.8) is 0 Å². The Morgan fingerprint density at radius 3 is 2.65 bits per heavy atom. The third kappa shape index (κ3) is 4.18. The van der Waals surface area contributed by atoms with Crippen LogP contribution < -0.4 is 16.0 Å². The van der Waals surface area contributed by atoms with Gasteiger partial charge in [-0.05, 0) is 37.7 Å². The van der Waals surface area contributed by atoms with E-state index in [-0.39, 0.29) is 0 Å². The van der Waals surface area contributed by atoms with Crippen molar-refractivity contribution >= 4 is 45.7 Å². The number of benzene rings is 2. The molecule has 1 aliphatic heterocycles. The largest absolute Gasteiger partial charge is 0.369 e. The predicted octanol–water partition coefficient (Wildman–Crippen LogP) is 3.98. The fourth-order valence-corrected chi connectivity index (χ4v) is 4.52. The number of aryl methyl sites for hydroxylation is 1. The van der Waals surface area contributed by atoms with Gasteiger partial charge < -0.3 is 20.9 Å². The summed E-state index contributed by atoms with van der Waals surface area (Å²) in [5, 5.41) is 4.42. The van der Waals surface area contributed by atoms with Crippen LogP contribution in [0.25, 0.3) is 16.7 Å². The maximum Gasteiger partial charge on any atom is 0.250 e. The van der Waals surface area contributed by atoms with Crippen LogP contribution in [0.15, 0.2) is 54.9 Å². The first-order valence-corrected chi connectivity index (χ1v) is 11.5. The molecule has 34 heavy (non-hydrogen) atoms. The second-order valence-corrected chi connectivity index (χ2v) is 8.98. The van der Waals surface area contributed by atoms with Crippen LogP contribution in [0, 0.1) is 6.92 Å². The molecule has 3 N–H and O–H groups in total. The van der Waals surface area contributed by atoms with Gasteiger partial charge in [-0.15, -0.1) is 0 Å². The van der Waals surface area contributed by atoms with Gasteiger partial charge in [-0.3, -0.25) is 9.36 Å². The molecular weight excluding hydrogens is 450 g/mol. The Hall–Kier alpha value is -3.62. The van der Waals surface area contributed by atoms with E-state index in [0.717, 1.165) is 42.8 Å². The van der Waals surface area contributed by atoms with Crippen molar-refractivity contribution in [2.24, 2.45) is 5.73 Å². The zero-order valence-electron chi connectivity index (χ0n) is 19.1. The molecule has 5 rings (SSSR count). The number of carbonyl (C=O) groups excluding carboxylic acids is 1. The number of carbonyl (C=O) groups is 1. The Morgan fingerprint density at radius 2 is 1.88 bits per heavy atom. The van der Waals surface area contributed by atoms with Crippen LogP contribution in [-0.4, -0.2) is 58.6 Å². The van der Waals surface area contributed by atoms with E-state index in [1.54, 1.807) is 17.0 Å². The van der Waals surface area contributed by atoms with Crippen molar-refractivity contribution < 1.29 is 4.79 Å². The van der Waals surface area contributed by atoms with Crippen LogP contribution >= 0.6 is 11.6 Å². The quantitative estimate of drug-likeness (QED) is 0.453. The SMILES string of the molecule is Cc1ccc(Nc2ncc(Cl)c(-n3cc(C(N)=O)c4ccccc43)n2)cc1N1CCN(C)CC1. The number of amides is 1. The molecule has 0 saturated carbocycles. The van der Waals surface area contributed by atoms with Crippen molar-refractivity contribution in [2.45, 2.75) is 6.92 Å². The van der Waals surface area contributed by atoms with Gasteiger partial charge in [-0.2, -0.15) is 4.98 Å². The standard InChI is InChI=1S/C25H26ClN7O/c1-16-7-8-17(13-22(16)32-11-9-31(2)10-12-32)29-25-28-14-20(26)24(30-25)33-15-19(23(27)34)18-5-3-4-6-21(18)33/h3-8,13-15H,9-12H2,1-2H3,(H2,27,34)(H,28,29,30). The van der Waals surface area contributed by atoms with Crippen LogP contribution in [0.3, 0.4) is 0 Å². The summed E-state index contributed by atoms with van der Waals surface area (Å²) >= 11 is 6.48. The molecule has 1 amide bonds. The first-order chi connectivity index (χ1) is 16.4. The number of likely N-dealkylation sites (N-methyl/N-ethyl adjacent to an activating group) is 1. The number of hydrogen-bond acceptors (Lipinski definition) is 6. The van der Waals surface area contributed by atoms with Gasteiger partial charge >= 0.3 is 0 Å². The van der Waals surface area contributed by atoms with Crippen molar-refractivity contribution in [2.75, 3.05) is 43.4 Å². The summed E-state index contributed by atoms with van der Waals surface area (Å²) in [7, 11) is 2.15. The molecule has 1 saturated heterocycles. The number of nitrogens with zero attached hydrogens (tertiary/aromatic N) is 5. The number of fused-ring (bicyclic) bond motifs is 1. The van der Waals surface area contributed by atoms with Crippen LogP contribution in [0.5, 0.6) is 0 Å². The van der Waals surface area contributed by atoms with Crippen molar-refractivity contribution in [1.29, 1.82) is 0 Å². The average Bonchev–Trinajstić information content (AvgIpc) is 3.22. The van der Waals surface area contributed by atoms with Crippen molar-refractivity contribution in [3.8, 4) is 5.82 Å². The first-order valence-electron chi connectivity index (χ1n) is 11.1. The molecule has 4 aromatic rings. The molecule has 1 fully saturated rings. The number of para-hydroxylation sites is 1. The Kier molecular flexibility index (Phi) is 5.85. The number of anilines is 3. The Bertz CT molecular complexity index is 1380. The minimum atomic E-state index is -0.505. The zero-order chi connectivity index (χ0) is 23.8. The highest BCUT2D eigenvalue weighted by molar-refractivity contribution is 6.32. The number of rotatable bonds is 5. The Morgan fingerprint density at radius 1 is 1.12 bits per heavy atom. The average molecular weight is 476 g/mol. The molecule has 1 aliphatic rings. The highest BCUT2D eigenvalue weighted by Crippen LogP contribution is 2.30. The third-order valence-electron chi connectivity index (χ3n) is 6.24. The fraction of sp³-hybridized carbons (Fsp3) is 0.240. The van der Waals surface area contributed by atoms with Gasteiger partial charge in [-0.25, -0.2) is 4.98 Å². The van der Waals surface area contributed by atoms with Gasteiger partial charge in [0.1, 0.15) is 5.02 Å². The fourth-order valence-electron chi connectivity index (χ4n) is 4.34. The lowest BCUT2D eigenvalue weighted by atomic mass is 10.1. The zero-order valence-corrected chi connectivity index (χ0v) is 19.9. The van der Waals surface area contributed by atoms with Crippen LogP contribution in [0.2, 0.25) is 5.02 Å². The molecule has 0 unspecified atom stereocenters. The summed E-state index contributed by atoms with van der Waals surface area (Å²) in [4.78, 5) is 25.8. The molecule has 9 heteroatoms. The second-order valence-electron chi connectivity index (χ2n) is 8.58. The third-order valence-corrected chi connectivity index (χ3v) is 6.51. The lowest BCUT2D eigenvalue weighted by molar-refractivity contribution is 0.100. The first kappa shape index (κ1) is 22.2. The maximum atomic E-state index is 12.0. The predicted molar refractivity (Wildman–Crippen MR) is 137 cm³/mol. The maximum absolute atomic E-state index is 12.0. The summed E-state index contributed by atoms with van der Waals surface area (Å²) < 4.78 is 1.77. The molecule has 0 atom stereocenters. The van der Waals surface area contributed by atoms with Crippen LogP contribution in [0.1, 0.15) is 15.9 Å². The molecule has 0 aliphatic carbocycles. The molecule has 0 spiro atoms. The molecule has 2 aromatic carbocycles. The van der Waals surface area contributed by atoms with Gasteiger partial charge in [0.15, 0.2) is 5.82 Å². The molecule has 0 bridgehead atoms. The molecule has 174 valence electrons. The van der Waals surface area contributed by atoms with Gasteiger partial charge in [0.2, 0.25) is 5.95 Å². The van der Waals surface area contributed by atoms with E-state index in [9.17, 15) is 4.79 Å². The van der Waals surface area contributed by atoms with Gasteiger partial charge in [-0.1, -0.05) is 35.9 Å². The minimum absolute atomic E-state index is 0.365. The van der Waals surface area contributed by atoms with Gasteiger partial charge in [0, 0.05) is 49.1 Å². The van der Waals surface area contributed by atoms with E-state index in [4.69, 9.17) is 17.3 Å². The van der Waals surface area contributed by atoms with E-state index >= 15 is 0 Å². The number of halogens is 1. The summed E-state index contributed by atoms with van der Waals surface area (Å²) in [6, 6.07) is 13.8. The van der Waals surface area contributed by atoms with E-state index in [0.29, 0.717) is 22.4 Å². The van der Waals surface area contributed by atoms with Gasteiger partial charge in [0.05, 0.1) is 17.3 Å². The molecule has 2 aromatic heterocycles. The smallest absolute Gasteiger partial charge is 0.250 e. The normalized spacial score (nSPS) is 14.5. The van der Waals surface area contributed by atoms with Crippen LogP contribution in [-0.2, 0) is 0 Å². The lowest BCUT2D eigenvalue weighted by Crippen LogP contribution is -2.44. The van der Waals surface area contributed by atoms with E-state index in [1.165, 1.54) is 11.3 Å². The molecule has 3 heterocycles. The van der Waals surface area contributed by atoms with E-state index in [2.05, 4.69) is 51.2 Å². The number of piperazine rings is 1. The van der Waals surface area contributed by atoms with Crippen molar-refractivity contribution in [1.82, 2.24) is 19.4 Å². The highest BCUT2D eigenvalue weighted by atomic mass is 35.5. The Balaban J connectivity index is 1.49. The van der Waals surface area contributed by atoms with E-state index < -0.39 is 5.91 Å². The molecule has 8 nitrogen and oxygen atoms in total. The van der Waals surface area contributed by atoms with Gasteiger partial charge in [0.25, 0.3) is 5.91 Å².